The molecule has 0 aromatic carbocycles. The number of amides is 2. The molecule has 0 spiro atoms. The second kappa shape index (κ2) is 5.86. The Balaban J connectivity index is 2.03. The highest BCUT2D eigenvalue weighted by molar-refractivity contribution is 5.87. The van der Waals surface area contributed by atoms with E-state index in [4.69, 9.17) is 5.73 Å². The number of nitrogens with two attached hydrogens (primary N) is 1. The average Bonchev–Trinajstić information content (AvgIpc) is 2.86. The maximum absolute atomic E-state index is 12.3. The number of carbonyl (C=O) groups is 2. The fraction of sp³-hybridized carbons (Fsp3) is 0.615. The van der Waals surface area contributed by atoms with E-state index in [9.17, 15) is 9.59 Å². The number of primary amides is 1. The van der Waals surface area contributed by atoms with Crippen LogP contribution in [0.2, 0.25) is 0 Å². The van der Waals surface area contributed by atoms with Gasteiger partial charge >= 0.3 is 0 Å². The Labute approximate surface area is 112 Å². The first-order valence-electron chi connectivity index (χ1n) is 6.72. The van der Waals surface area contributed by atoms with Gasteiger partial charge in [-0.15, -0.1) is 0 Å². The van der Waals surface area contributed by atoms with Crippen molar-refractivity contribution in [2.75, 3.05) is 6.54 Å². The number of rotatable bonds is 4. The highest BCUT2D eigenvalue weighted by Gasteiger charge is 2.30. The third-order valence-electron chi connectivity index (χ3n) is 3.52. The summed E-state index contributed by atoms with van der Waals surface area (Å²) in [5.41, 5.74) is 6.24. The van der Waals surface area contributed by atoms with E-state index in [1.54, 1.807) is 15.8 Å². The maximum Gasteiger partial charge on any atom is 0.240 e. The van der Waals surface area contributed by atoms with Gasteiger partial charge in [-0.1, -0.05) is 0 Å². The Kier molecular flexibility index (Phi) is 4.19. The molecule has 2 rings (SSSR count). The van der Waals surface area contributed by atoms with Crippen molar-refractivity contribution in [3.63, 3.8) is 0 Å². The lowest BCUT2D eigenvalue weighted by atomic mass is 10.0. The number of piperidine rings is 1. The number of hydrogen-bond acceptors (Lipinski definition) is 3. The molecule has 104 valence electrons. The Bertz CT molecular complexity index is 469. The zero-order valence-corrected chi connectivity index (χ0v) is 11.2. The van der Waals surface area contributed by atoms with Crippen molar-refractivity contribution in [1.29, 1.82) is 0 Å². The molecule has 1 aromatic heterocycles. The summed E-state index contributed by atoms with van der Waals surface area (Å²) in [4.78, 5) is 25.3. The molecule has 6 nitrogen and oxygen atoms in total. The van der Waals surface area contributed by atoms with Crippen molar-refractivity contribution in [1.82, 2.24) is 14.7 Å². The molecule has 1 aliphatic rings. The van der Waals surface area contributed by atoms with Gasteiger partial charge in [0.2, 0.25) is 11.8 Å². The molecule has 2 N–H and O–H groups in total. The van der Waals surface area contributed by atoms with Gasteiger partial charge in [0, 0.05) is 19.3 Å². The first-order valence-corrected chi connectivity index (χ1v) is 6.72. The number of likely N-dealkylation sites (tertiary alicyclic amines) is 1. The first-order chi connectivity index (χ1) is 9.11. The monoisotopic (exact) mass is 264 g/mol. The maximum atomic E-state index is 12.3. The summed E-state index contributed by atoms with van der Waals surface area (Å²) < 4.78 is 1.78. The Morgan fingerprint density at radius 1 is 1.47 bits per heavy atom. The largest absolute Gasteiger partial charge is 0.368 e. The molecule has 19 heavy (non-hydrogen) atoms. The minimum absolute atomic E-state index is 0.0425. The minimum atomic E-state index is -0.442. The van der Waals surface area contributed by atoms with Crippen LogP contribution < -0.4 is 5.73 Å². The van der Waals surface area contributed by atoms with E-state index < -0.39 is 11.9 Å². The van der Waals surface area contributed by atoms with Crippen LogP contribution in [-0.4, -0.2) is 39.1 Å². The molecule has 1 aromatic rings. The van der Waals surface area contributed by atoms with Crippen molar-refractivity contribution < 1.29 is 9.59 Å². The van der Waals surface area contributed by atoms with E-state index in [0.717, 1.165) is 24.9 Å². The summed E-state index contributed by atoms with van der Waals surface area (Å²) in [7, 11) is 0. The van der Waals surface area contributed by atoms with Crippen LogP contribution in [-0.2, 0) is 22.6 Å². The lowest BCUT2D eigenvalue weighted by Gasteiger charge is -2.33. The lowest BCUT2D eigenvalue weighted by molar-refractivity contribution is -0.140. The van der Waals surface area contributed by atoms with E-state index in [-0.39, 0.29) is 12.3 Å². The molecule has 0 radical (unpaired) electrons. The van der Waals surface area contributed by atoms with E-state index in [0.29, 0.717) is 13.0 Å². The normalized spacial score (nSPS) is 19.4. The third-order valence-corrected chi connectivity index (χ3v) is 3.52. The second-order valence-electron chi connectivity index (χ2n) is 4.88. The van der Waals surface area contributed by atoms with Gasteiger partial charge in [0.1, 0.15) is 6.04 Å². The quantitative estimate of drug-likeness (QED) is 0.850. The predicted molar refractivity (Wildman–Crippen MR) is 70.2 cm³/mol. The topological polar surface area (TPSA) is 81.2 Å². The minimum Gasteiger partial charge on any atom is -0.368 e. The fourth-order valence-electron chi connectivity index (χ4n) is 2.47. The molecular formula is C13H20N4O2. The van der Waals surface area contributed by atoms with Gasteiger partial charge in [-0.2, -0.15) is 5.10 Å². The second-order valence-corrected chi connectivity index (χ2v) is 4.88. The Hall–Kier alpha value is -1.85. The van der Waals surface area contributed by atoms with Crippen LogP contribution in [0.25, 0.3) is 0 Å². The van der Waals surface area contributed by atoms with Crippen molar-refractivity contribution in [3.8, 4) is 0 Å². The van der Waals surface area contributed by atoms with Crippen molar-refractivity contribution in [2.24, 2.45) is 5.73 Å². The SMILES string of the molecule is CCn1cc(CC(=O)N2CCCCC2C(N)=O)cn1. The van der Waals surface area contributed by atoms with Crippen LogP contribution in [0.1, 0.15) is 31.7 Å². The molecule has 0 bridgehead atoms. The number of hydrogen-bond donors (Lipinski definition) is 1. The van der Waals surface area contributed by atoms with Gasteiger partial charge in [0.25, 0.3) is 0 Å². The molecule has 1 unspecified atom stereocenters. The Morgan fingerprint density at radius 2 is 2.26 bits per heavy atom. The summed E-state index contributed by atoms with van der Waals surface area (Å²) in [5.74, 6) is -0.448. The smallest absolute Gasteiger partial charge is 0.240 e. The van der Waals surface area contributed by atoms with Gasteiger partial charge in [0.15, 0.2) is 0 Å². The van der Waals surface area contributed by atoms with Crippen molar-refractivity contribution in [3.05, 3.63) is 18.0 Å². The lowest BCUT2D eigenvalue weighted by Crippen LogP contribution is -2.50. The third kappa shape index (κ3) is 3.13. The highest BCUT2D eigenvalue weighted by Crippen LogP contribution is 2.18. The highest BCUT2D eigenvalue weighted by atomic mass is 16.2. The van der Waals surface area contributed by atoms with Crippen molar-refractivity contribution >= 4 is 11.8 Å². The van der Waals surface area contributed by atoms with E-state index >= 15 is 0 Å². The van der Waals surface area contributed by atoms with Crippen LogP contribution in [0.15, 0.2) is 12.4 Å². The summed E-state index contributed by atoms with van der Waals surface area (Å²) in [6, 6.07) is -0.442. The predicted octanol–water partition coefficient (Wildman–Crippen LogP) is 0.312. The van der Waals surface area contributed by atoms with Crippen LogP contribution in [0.4, 0.5) is 0 Å². The summed E-state index contributed by atoms with van der Waals surface area (Å²) >= 11 is 0. The van der Waals surface area contributed by atoms with Crippen LogP contribution in [0.3, 0.4) is 0 Å². The van der Waals surface area contributed by atoms with Gasteiger partial charge < -0.3 is 10.6 Å². The van der Waals surface area contributed by atoms with Crippen LogP contribution >= 0.6 is 0 Å². The van der Waals surface area contributed by atoms with E-state index in [1.807, 2.05) is 13.1 Å². The van der Waals surface area contributed by atoms with Gasteiger partial charge in [-0.3, -0.25) is 14.3 Å². The average molecular weight is 264 g/mol. The van der Waals surface area contributed by atoms with Crippen molar-refractivity contribution in [2.45, 2.75) is 45.2 Å². The van der Waals surface area contributed by atoms with E-state index in [2.05, 4.69) is 5.10 Å². The molecular weight excluding hydrogens is 244 g/mol. The molecule has 6 heteroatoms. The first kappa shape index (κ1) is 13.6. The molecule has 2 heterocycles. The van der Waals surface area contributed by atoms with Gasteiger partial charge in [-0.25, -0.2) is 0 Å². The molecule has 0 aliphatic carbocycles. The van der Waals surface area contributed by atoms with Gasteiger partial charge in [-0.05, 0) is 31.7 Å². The van der Waals surface area contributed by atoms with Crippen LogP contribution in [0.5, 0.6) is 0 Å². The number of nitrogens with zero attached hydrogens (tertiary/aromatic N) is 3. The zero-order chi connectivity index (χ0) is 13.8. The number of aryl methyl sites for hydroxylation is 1. The zero-order valence-electron chi connectivity index (χ0n) is 11.2. The molecule has 1 fully saturated rings. The molecule has 2 amide bonds. The molecule has 1 atom stereocenters. The summed E-state index contributed by atoms with van der Waals surface area (Å²) in [6.07, 6.45) is 6.40. The summed E-state index contributed by atoms with van der Waals surface area (Å²) in [5, 5.41) is 4.14. The van der Waals surface area contributed by atoms with E-state index in [1.165, 1.54) is 0 Å². The number of aromatic nitrogens is 2. The molecule has 0 saturated carbocycles. The molecule has 1 aliphatic heterocycles. The standard InChI is InChI=1S/C13H20N4O2/c1-2-16-9-10(8-15-16)7-12(18)17-6-4-3-5-11(17)13(14)19/h8-9,11H,2-7H2,1H3,(H2,14,19). The summed E-state index contributed by atoms with van der Waals surface area (Å²) in [6.45, 7) is 3.39. The van der Waals surface area contributed by atoms with Gasteiger partial charge in [0.05, 0.1) is 12.6 Å². The fourth-order valence-corrected chi connectivity index (χ4v) is 2.47. The molecule has 1 saturated heterocycles. The Morgan fingerprint density at radius 3 is 2.89 bits per heavy atom. The number of carbonyl (C=O) groups excluding carboxylic acids is 2. The van der Waals surface area contributed by atoms with Crippen LogP contribution in [0, 0.1) is 0 Å².